The quantitative estimate of drug-likeness (QED) is 0.772. The average Bonchev–Trinajstić information content (AvgIpc) is 3.08. The summed E-state index contributed by atoms with van der Waals surface area (Å²) in [5, 5.41) is 16.7. The molecule has 2 N–H and O–H groups in total. The molecule has 3 aromatic rings. The van der Waals surface area contributed by atoms with Crippen molar-refractivity contribution in [1.82, 2.24) is 10.2 Å². The van der Waals surface area contributed by atoms with E-state index < -0.39 is 6.03 Å². The van der Waals surface area contributed by atoms with Gasteiger partial charge in [-0.15, -0.1) is 5.10 Å². The monoisotopic (exact) mass is 300 g/mol. The van der Waals surface area contributed by atoms with Crippen LogP contribution in [0.15, 0.2) is 45.5 Å². The van der Waals surface area contributed by atoms with Crippen molar-refractivity contribution < 1.29 is 9.21 Å². The number of hydrogen-bond acceptors (Lipinski definition) is 5. The van der Waals surface area contributed by atoms with Gasteiger partial charge in [-0.3, -0.25) is 5.32 Å². The number of anilines is 2. The maximum atomic E-state index is 11.8. The maximum Gasteiger partial charge on any atom is 0.327 e. The number of urea groups is 1. The smallest absolute Gasteiger partial charge is 0.327 e. The van der Waals surface area contributed by atoms with Gasteiger partial charge in [0, 0.05) is 16.6 Å². The summed E-state index contributed by atoms with van der Waals surface area (Å²) in [5.74, 6) is 0.377. The summed E-state index contributed by atoms with van der Waals surface area (Å²) in [4.78, 5) is 11.8. The topological polar surface area (TPSA) is 80.0 Å². The zero-order valence-corrected chi connectivity index (χ0v) is 12.0. The fourth-order valence-corrected chi connectivity index (χ4v) is 2.39. The molecule has 0 fully saturated rings. The van der Waals surface area contributed by atoms with Crippen molar-refractivity contribution in [3.8, 4) is 11.5 Å². The molecule has 0 saturated carbocycles. The highest BCUT2D eigenvalue weighted by Crippen LogP contribution is 2.22. The number of rotatable bonds is 3. The first-order valence-corrected chi connectivity index (χ1v) is 7.16. The van der Waals surface area contributed by atoms with E-state index in [0.29, 0.717) is 11.6 Å². The number of hydrogen-bond donors (Lipinski definition) is 2. The fraction of sp³-hybridized carbons (Fsp3) is 0.0714. The Kier molecular flexibility index (Phi) is 3.65. The second-order valence-corrected chi connectivity index (χ2v) is 5.15. The number of benzene rings is 1. The molecule has 7 heteroatoms. The number of nitrogens with one attached hydrogen (secondary N) is 2. The van der Waals surface area contributed by atoms with E-state index in [0.717, 1.165) is 11.1 Å². The number of amides is 2. The number of carbonyl (C=O) groups is 1. The molecule has 2 heterocycles. The van der Waals surface area contributed by atoms with E-state index in [1.807, 2.05) is 41.9 Å². The number of aryl methyl sites for hydroxylation is 1. The zero-order chi connectivity index (χ0) is 14.7. The summed E-state index contributed by atoms with van der Waals surface area (Å²) >= 11 is 1.53. The second kappa shape index (κ2) is 5.76. The Hall–Kier alpha value is -2.67. The third-order valence-electron chi connectivity index (χ3n) is 2.69. The Balaban J connectivity index is 1.65. The molecule has 2 aromatic heterocycles. The van der Waals surface area contributed by atoms with Gasteiger partial charge in [-0.1, -0.05) is 17.2 Å². The minimum absolute atomic E-state index is 0.0568. The van der Waals surface area contributed by atoms with Gasteiger partial charge in [0.05, 0.1) is 0 Å². The number of nitrogens with zero attached hydrogens (tertiary/aromatic N) is 2. The van der Waals surface area contributed by atoms with Crippen molar-refractivity contribution in [3.63, 3.8) is 0 Å². The number of aromatic nitrogens is 2. The Morgan fingerprint density at radius 1 is 1.24 bits per heavy atom. The molecule has 106 valence electrons. The minimum Gasteiger partial charge on any atom is -0.403 e. The van der Waals surface area contributed by atoms with Crippen LogP contribution in [0.5, 0.6) is 0 Å². The summed E-state index contributed by atoms with van der Waals surface area (Å²) in [6, 6.07) is 8.99. The van der Waals surface area contributed by atoms with Gasteiger partial charge < -0.3 is 9.73 Å². The predicted molar refractivity (Wildman–Crippen MR) is 81.4 cm³/mol. The Morgan fingerprint density at radius 2 is 2.14 bits per heavy atom. The molecule has 0 aliphatic rings. The second-order valence-electron chi connectivity index (χ2n) is 4.37. The van der Waals surface area contributed by atoms with Crippen molar-refractivity contribution in [1.29, 1.82) is 0 Å². The SMILES string of the molecule is Cc1cccc(NC(=O)Nc2nnc(-c3ccsc3)o2)c1. The molecule has 6 nitrogen and oxygen atoms in total. The Bertz CT molecular complexity index is 752. The summed E-state index contributed by atoms with van der Waals surface area (Å²) < 4.78 is 5.37. The van der Waals surface area contributed by atoms with Crippen LogP contribution < -0.4 is 10.6 Å². The van der Waals surface area contributed by atoms with Gasteiger partial charge in [0.25, 0.3) is 5.89 Å². The van der Waals surface area contributed by atoms with E-state index >= 15 is 0 Å². The first-order valence-electron chi connectivity index (χ1n) is 6.21. The summed E-state index contributed by atoms with van der Waals surface area (Å²) in [7, 11) is 0. The molecule has 0 spiro atoms. The van der Waals surface area contributed by atoms with Crippen molar-refractivity contribution in [3.05, 3.63) is 46.7 Å². The van der Waals surface area contributed by atoms with E-state index in [-0.39, 0.29) is 6.01 Å². The highest BCUT2D eigenvalue weighted by molar-refractivity contribution is 7.08. The standard InChI is InChI=1S/C14H12N4O2S/c1-9-3-2-4-11(7-9)15-13(19)16-14-18-17-12(20-14)10-5-6-21-8-10/h2-8H,1H3,(H2,15,16,18,19). The first-order chi connectivity index (χ1) is 10.2. The van der Waals surface area contributed by atoms with E-state index in [2.05, 4.69) is 20.8 Å². The van der Waals surface area contributed by atoms with Crippen LogP contribution in [0, 0.1) is 6.92 Å². The molecule has 1 aromatic carbocycles. The summed E-state index contributed by atoms with van der Waals surface area (Å²) in [5.41, 5.74) is 2.59. The van der Waals surface area contributed by atoms with Crippen LogP contribution in [0.3, 0.4) is 0 Å². The highest BCUT2D eigenvalue weighted by Gasteiger charge is 2.11. The fourth-order valence-electron chi connectivity index (χ4n) is 1.76. The van der Waals surface area contributed by atoms with Crippen LogP contribution in [0.4, 0.5) is 16.5 Å². The lowest BCUT2D eigenvalue weighted by Crippen LogP contribution is -2.19. The van der Waals surface area contributed by atoms with Crippen molar-refractivity contribution >= 4 is 29.1 Å². The van der Waals surface area contributed by atoms with Gasteiger partial charge in [-0.25, -0.2) is 4.79 Å². The molecular formula is C14H12N4O2S. The molecule has 0 aliphatic heterocycles. The lowest BCUT2D eigenvalue weighted by atomic mass is 10.2. The third-order valence-corrected chi connectivity index (χ3v) is 3.37. The first kappa shape index (κ1) is 13.3. The molecule has 0 atom stereocenters. The molecule has 0 bridgehead atoms. The normalized spacial score (nSPS) is 10.3. The van der Waals surface area contributed by atoms with Gasteiger partial charge >= 0.3 is 12.0 Å². The Morgan fingerprint density at radius 3 is 2.90 bits per heavy atom. The van der Waals surface area contributed by atoms with Crippen LogP contribution in [0.25, 0.3) is 11.5 Å². The number of thiophene rings is 1. The molecule has 3 rings (SSSR count). The largest absolute Gasteiger partial charge is 0.403 e. The average molecular weight is 300 g/mol. The molecule has 0 radical (unpaired) electrons. The molecular weight excluding hydrogens is 288 g/mol. The van der Waals surface area contributed by atoms with Crippen molar-refractivity contribution in [2.45, 2.75) is 6.92 Å². The van der Waals surface area contributed by atoms with E-state index in [9.17, 15) is 4.79 Å². The lowest BCUT2D eigenvalue weighted by Gasteiger charge is -2.04. The summed E-state index contributed by atoms with van der Waals surface area (Å²) in [6.45, 7) is 1.95. The highest BCUT2D eigenvalue weighted by atomic mass is 32.1. The molecule has 0 aliphatic carbocycles. The van der Waals surface area contributed by atoms with Crippen LogP contribution in [-0.2, 0) is 0 Å². The Labute approximate surface area is 124 Å². The minimum atomic E-state index is -0.430. The zero-order valence-electron chi connectivity index (χ0n) is 11.2. The van der Waals surface area contributed by atoms with E-state index in [4.69, 9.17) is 4.42 Å². The van der Waals surface area contributed by atoms with E-state index in [1.165, 1.54) is 11.3 Å². The van der Waals surface area contributed by atoms with Gasteiger partial charge in [-0.2, -0.15) is 11.3 Å². The number of carbonyl (C=O) groups excluding carboxylic acids is 1. The molecule has 0 unspecified atom stereocenters. The van der Waals surface area contributed by atoms with Crippen molar-refractivity contribution in [2.75, 3.05) is 10.6 Å². The molecule has 21 heavy (non-hydrogen) atoms. The van der Waals surface area contributed by atoms with Crippen LogP contribution in [0.2, 0.25) is 0 Å². The molecule has 2 amide bonds. The van der Waals surface area contributed by atoms with Crippen LogP contribution in [-0.4, -0.2) is 16.2 Å². The predicted octanol–water partition coefficient (Wildman–Crippen LogP) is 3.75. The third kappa shape index (κ3) is 3.26. The maximum absolute atomic E-state index is 11.8. The van der Waals surface area contributed by atoms with E-state index in [1.54, 1.807) is 6.07 Å². The molecule has 0 saturated heterocycles. The van der Waals surface area contributed by atoms with Gasteiger partial charge in [0.1, 0.15) is 0 Å². The lowest BCUT2D eigenvalue weighted by molar-refractivity contribution is 0.261. The van der Waals surface area contributed by atoms with Crippen LogP contribution >= 0.6 is 11.3 Å². The van der Waals surface area contributed by atoms with Gasteiger partial charge in [-0.05, 0) is 36.1 Å². The van der Waals surface area contributed by atoms with Gasteiger partial charge in [0.2, 0.25) is 0 Å². The van der Waals surface area contributed by atoms with Crippen molar-refractivity contribution in [2.24, 2.45) is 0 Å². The van der Waals surface area contributed by atoms with Gasteiger partial charge in [0.15, 0.2) is 0 Å². The van der Waals surface area contributed by atoms with Crippen LogP contribution in [0.1, 0.15) is 5.56 Å². The summed E-state index contributed by atoms with van der Waals surface area (Å²) in [6.07, 6.45) is 0.